The van der Waals surface area contributed by atoms with Crippen LogP contribution in [-0.4, -0.2) is 17.7 Å². The summed E-state index contributed by atoms with van der Waals surface area (Å²) in [4.78, 5) is 10.2. The van der Waals surface area contributed by atoms with E-state index >= 15 is 0 Å². The minimum Gasteiger partial charge on any atom is -0.494 e. The van der Waals surface area contributed by atoms with E-state index in [1.54, 1.807) is 30.3 Å². The summed E-state index contributed by atoms with van der Waals surface area (Å²) in [6.07, 6.45) is -3.74. The van der Waals surface area contributed by atoms with Gasteiger partial charge in [-0.2, -0.15) is 13.2 Å². The average molecular weight is 417 g/mol. The van der Waals surface area contributed by atoms with Crippen molar-refractivity contribution in [1.82, 2.24) is 0 Å². The van der Waals surface area contributed by atoms with Crippen LogP contribution >= 0.6 is 0 Å². The first-order valence-corrected chi connectivity index (χ1v) is 9.16. The Bertz CT molecular complexity index is 898. The highest BCUT2D eigenvalue weighted by Crippen LogP contribution is 2.30. The monoisotopic (exact) mass is 417 g/mol. The number of hydrogen-bond donors (Lipinski definition) is 2. The minimum absolute atomic E-state index is 0.152. The molecular weight excluding hydrogens is 395 g/mol. The Labute approximate surface area is 172 Å². The van der Waals surface area contributed by atoms with Crippen molar-refractivity contribution in [1.29, 1.82) is 0 Å². The standard InChI is InChI=1S/C16H16F3NO.C7H6O2/c17-16(18,19)13-6-8-14(9-7-13)21-11-10-15(20)12-4-2-1-3-5-12;8-7(9)6-4-2-1-3-5-6/h1-9,15H,10-11,20H2;1-5H,(H,8,9). The fraction of sp³-hybridized carbons (Fsp3) is 0.174. The van der Waals surface area contributed by atoms with E-state index in [4.69, 9.17) is 15.6 Å². The van der Waals surface area contributed by atoms with Gasteiger partial charge in [0.25, 0.3) is 0 Å². The number of nitrogens with two attached hydrogens (primary N) is 1. The summed E-state index contributed by atoms with van der Waals surface area (Å²) in [7, 11) is 0. The van der Waals surface area contributed by atoms with E-state index in [1.807, 2.05) is 30.3 Å². The number of ether oxygens (including phenoxy) is 1. The second-order valence-electron chi connectivity index (χ2n) is 6.35. The van der Waals surface area contributed by atoms with Crippen molar-refractivity contribution in [3.8, 4) is 5.75 Å². The van der Waals surface area contributed by atoms with Gasteiger partial charge >= 0.3 is 12.1 Å². The highest BCUT2D eigenvalue weighted by Gasteiger charge is 2.30. The van der Waals surface area contributed by atoms with Crippen LogP contribution in [0.15, 0.2) is 84.9 Å². The molecule has 30 heavy (non-hydrogen) atoms. The van der Waals surface area contributed by atoms with Crippen LogP contribution < -0.4 is 10.5 Å². The Kier molecular flexibility index (Phi) is 8.43. The van der Waals surface area contributed by atoms with Gasteiger partial charge in [-0.3, -0.25) is 0 Å². The summed E-state index contributed by atoms with van der Waals surface area (Å²) in [5, 5.41) is 8.38. The minimum atomic E-state index is -4.33. The molecule has 0 spiro atoms. The summed E-state index contributed by atoms with van der Waals surface area (Å²) in [6, 6.07) is 22.4. The lowest BCUT2D eigenvalue weighted by Gasteiger charge is -2.13. The molecule has 1 atom stereocenters. The molecule has 4 nitrogen and oxygen atoms in total. The number of carboxylic acids is 1. The van der Waals surface area contributed by atoms with Gasteiger partial charge in [-0.05, 0) is 42.0 Å². The fourth-order valence-electron chi connectivity index (χ4n) is 2.49. The molecule has 0 amide bonds. The van der Waals surface area contributed by atoms with E-state index in [0.717, 1.165) is 17.7 Å². The molecule has 3 aromatic carbocycles. The fourth-order valence-corrected chi connectivity index (χ4v) is 2.49. The van der Waals surface area contributed by atoms with Crippen LogP contribution in [0.3, 0.4) is 0 Å². The molecule has 0 aliphatic heterocycles. The number of rotatable bonds is 6. The Balaban J connectivity index is 0.000000297. The third kappa shape index (κ3) is 7.60. The third-order valence-electron chi connectivity index (χ3n) is 4.13. The van der Waals surface area contributed by atoms with Crippen molar-refractivity contribution in [2.75, 3.05) is 6.61 Å². The van der Waals surface area contributed by atoms with Gasteiger partial charge < -0.3 is 15.6 Å². The SMILES string of the molecule is NC(CCOc1ccc(C(F)(F)F)cc1)c1ccccc1.O=C(O)c1ccccc1. The molecule has 3 rings (SSSR count). The van der Waals surface area contributed by atoms with Gasteiger partial charge in [0, 0.05) is 12.5 Å². The normalized spacial score (nSPS) is 11.7. The van der Waals surface area contributed by atoms with Crippen molar-refractivity contribution in [2.24, 2.45) is 5.73 Å². The maximum absolute atomic E-state index is 12.4. The number of halogens is 3. The van der Waals surface area contributed by atoms with Gasteiger partial charge in [0.2, 0.25) is 0 Å². The second kappa shape index (κ2) is 11.0. The van der Waals surface area contributed by atoms with E-state index in [0.29, 0.717) is 24.3 Å². The molecule has 0 saturated carbocycles. The number of alkyl halides is 3. The lowest BCUT2D eigenvalue weighted by atomic mass is 10.1. The van der Waals surface area contributed by atoms with Crippen LogP contribution in [0, 0.1) is 0 Å². The molecule has 1 unspecified atom stereocenters. The van der Waals surface area contributed by atoms with Crippen LogP contribution in [0.2, 0.25) is 0 Å². The van der Waals surface area contributed by atoms with E-state index in [9.17, 15) is 18.0 Å². The molecule has 0 heterocycles. The Hall–Kier alpha value is -3.32. The van der Waals surface area contributed by atoms with Gasteiger partial charge in [-0.1, -0.05) is 48.5 Å². The molecule has 158 valence electrons. The number of carbonyl (C=O) groups is 1. The third-order valence-corrected chi connectivity index (χ3v) is 4.13. The van der Waals surface area contributed by atoms with Gasteiger partial charge in [0.05, 0.1) is 17.7 Å². The molecule has 0 saturated heterocycles. The quantitative estimate of drug-likeness (QED) is 0.551. The second-order valence-corrected chi connectivity index (χ2v) is 6.35. The molecule has 0 aromatic heterocycles. The van der Waals surface area contributed by atoms with Gasteiger partial charge in [0.1, 0.15) is 5.75 Å². The maximum atomic E-state index is 12.4. The number of aromatic carboxylic acids is 1. The molecule has 7 heteroatoms. The highest BCUT2D eigenvalue weighted by molar-refractivity contribution is 5.87. The van der Waals surface area contributed by atoms with E-state index in [2.05, 4.69) is 0 Å². The molecule has 3 N–H and O–H groups in total. The van der Waals surface area contributed by atoms with E-state index < -0.39 is 17.7 Å². The lowest BCUT2D eigenvalue weighted by Crippen LogP contribution is -2.14. The molecule has 0 fully saturated rings. The van der Waals surface area contributed by atoms with Crippen LogP contribution in [0.25, 0.3) is 0 Å². The highest BCUT2D eigenvalue weighted by atomic mass is 19.4. The zero-order valence-electron chi connectivity index (χ0n) is 16.0. The first-order chi connectivity index (χ1) is 14.3. The zero-order chi connectivity index (χ0) is 22.0. The summed E-state index contributed by atoms with van der Waals surface area (Å²) in [6.45, 7) is 0.349. The Morgan fingerprint density at radius 2 is 1.43 bits per heavy atom. The Morgan fingerprint density at radius 3 is 1.90 bits per heavy atom. The first kappa shape index (κ1) is 23.0. The predicted octanol–water partition coefficient (Wildman–Crippen LogP) is 5.56. The van der Waals surface area contributed by atoms with Crippen LogP contribution in [0.4, 0.5) is 13.2 Å². The molecular formula is C23H22F3NO3. The Morgan fingerprint density at radius 1 is 0.900 bits per heavy atom. The summed E-state index contributed by atoms with van der Waals surface area (Å²) in [5.74, 6) is -0.473. The van der Waals surface area contributed by atoms with Crippen LogP contribution in [-0.2, 0) is 6.18 Å². The van der Waals surface area contributed by atoms with Crippen molar-refractivity contribution in [3.05, 3.63) is 102 Å². The van der Waals surface area contributed by atoms with Gasteiger partial charge in [-0.15, -0.1) is 0 Å². The van der Waals surface area contributed by atoms with Crippen molar-refractivity contribution < 1.29 is 27.8 Å². The lowest BCUT2D eigenvalue weighted by molar-refractivity contribution is -0.137. The summed E-state index contributed by atoms with van der Waals surface area (Å²) in [5.41, 5.74) is 6.67. The predicted molar refractivity (Wildman–Crippen MR) is 108 cm³/mol. The molecule has 3 aromatic rings. The first-order valence-electron chi connectivity index (χ1n) is 9.16. The molecule has 0 aliphatic rings. The molecule has 0 bridgehead atoms. The van der Waals surface area contributed by atoms with Crippen molar-refractivity contribution in [2.45, 2.75) is 18.6 Å². The number of benzene rings is 3. The van der Waals surface area contributed by atoms with Crippen LogP contribution in [0.1, 0.15) is 33.9 Å². The topological polar surface area (TPSA) is 72.5 Å². The van der Waals surface area contributed by atoms with Crippen molar-refractivity contribution in [3.63, 3.8) is 0 Å². The van der Waals surface area contributed by atoms with Gasteiger partial charge in [0.15, 0.2) is 0 Å². The van der Waals surface area contributed by atoms with Gasteiger partial charge in [-0.25, -0.2) is 4.79 Å². The average Bonchev–Trinajstić information content (AvgIpc) is 2.75. The number of hydrogen-bond acceptors (Lipinski definition) is 3. The zero-order valence-corrected chi connectivity index (χ0v) is 16.0. The van der Waals surface area contributed by atoms with E-state index in [1.165, 1.54) is 12.1 Å². The summed E-state index contributed by atoms with van der Waals surface area (Å²) >= 11 is 0. The van der Waals surface area contributed by atoms with E-state index in [-0.39, 0.29) is 6.04 Å². The maximum Gasteiger partial charge on any atom is 0.416 e. The largest absolute Gasteiger partial charge is 0.494 e. The van der Waals surface area contributed by atoms with Crippen LogP contribution in [0.5, 0.6) is 5.75 Å². The van der Waals surface area contributed by atoms with Crippen molar-refractivity contribution >= 4 is 5.97 Å². The molecule has 0 aliphatic carbocycles. The summed E-state index contributed by atoms with van der Waals surface area (Å²) < 4.78 is 42.6. The smallest absolute Gasteiger partial charge is 0.416 e. The molecule has 0 radical (unpaired) electrons. The number of carboxylic acid groups (broad SMARTS) is 1.